The first-order chi connectivity index (χ1) is 8.56. The molecule has 1 amide bonds. The van der Waals surface area contributed by atoms with Crippen LogP contribution in [-0.2, 0) is 16.1 Å². The van der Waals surface area contributed by atoms with Crippen LogP contribution in [0, 0.1) is 11.8 Å². The summed E-state index contributed by atoms with van der Waals surface area (Å²) < 4.78 is 1.02. The first kappa shape index (κ1) is 13.5. The Morgan fingerprint density at radius 3 is 2.72 bits per heavy atom. The zero-order valence-electron chi connectivity index (χ0n) is 9.69. The van der Waals surface area contributed by atoms with E-state index in [1.807, 2.05) is 11.4 Å². The molecule has 1 aliphatic rings. The van der Waals surface area contributed by atoms with E-state index in [4.69, 9.17) is 5.11 Å². The third-order valence-corrected chi connectivity index (χ3v) is 4.91. The SMILES string of the molecule is O=C(O)C1CCC(C(=O)NCc2cc(Br)cs2)C1. The number of nitrogens with one attached hydrogen (secondary N) is 1. The number of hydrogen-bond acceptors (Lipinski definition) is 3. The minimum Gasteiger partial charge on any atom is -0.481 e. The van der Waals surface area contributed by atoms with Gasteiger partial charge in [0.25, 0.3) is 0 Å². The summed E-state index contributed by atoms with van der Waals surface area (Å²) in [4.78, 5) is 23.8. The van der Waals surface area contributed by atoms with Gasteiger partial charge in [-0.25, -0.2) is 0 Å². The second-order valence-electron chi connectivity index (χ2n) is 4.49. The van der Waals surface area contributed by atoms with Gasteiger partial charge in [0, 0.05) is 20.6 Å². The number of halogens is 1. The van der Waals surface area contributed by atoms with Crippen LogP contribution in [0.4, 0.5) is 0 Å². The van der Waals surface area contributed by atoms with Crippen LogP contribution in [0.25, 0.3) is 0 Å². The first-order valence-corrected chi connectivity index (χ1v) is 7.47. The van der Waals surface area contributed by atoms with Crippen molar-refractivity contribution in [2.45, 2.75) is 25.8 Å². The highest BCUT2D eigenvalue weighted by molar-refractivity contribution is 9.10. The maximum absolute atomic E-state index is 11.9. The van der Waals surface area contributed by atoms with Crippen LogP contribution < -0.4 is 5.32 Å². The minimum atomic E-state index is -0.785. The lowest BCUT2D eigenvalue weighted by atomic mass is 10.0. The van der Waals surface area contributed by atoms with Crippen LogP contribution in [0.5, 0.6) is 0 Å². The molecule has 1 fully saturated rings. The summed E-state index contributed by atoms with van der Waals surface area (Å²) in [5, 5.41) is 13.7. The van der Waals surface area contributed by atoms with Crippen molar-refractivity contribution >= 4 is 39.1 Å². The molecule has 0 saturated heterocycles. The maximum Gasteiger partial charge on any atom is 0.306 e. The van der Waals surface area contributed by atoms with E-state index in [1.165, 1.54) is 0 Å². The smallest absolute Gasteiger partial charge is 0.306 e. The van der Waals surface area contributed by atoms with Gasteiger partial charge < -0.3 is 10.4 Å². The number of carbonyl (C=O) groups excluding carboxylic acids is 1. The summed E-state index contributed by atoms with van der Waals surface area (Å²) in [6.07, 6.45) is 1.75. The molecule has 18 heavy (non-hydrogen) atoms. The average molecular weight is 332 g/mol. The van der Waals surface area contributed by atoms with Gasteiger partial charge in [-0.15, -0.1) is 11.3 Å². The molecular weight excluding hydrogens is 318 g/mol. The fourth-order valence-electron chi connectivity index (χ4n) is 2.21. The molecule has 0 radical (unpaired) electrons. The van der Waals surface area contributed by atoms with Gasteiger partial charge in [0.2, 0.25) is 5.91 Å². The summed E-state index contributed by atoms with van der Waals surface area (Å²) in [6, 6.07) is 1.97. The quantitative estimate of drug-likeness (QED) is 0.891. The van der Waals surface area contributed by atoms with E-state index in [0.717, 1.165) is 9.35 Å². The normalized spacial score (nSPS) is 22.9. The molecule has 2 N–H and O–H groups in total. The molecule has 1 aromatic rings. The fourth-order valence-corrected chi connectivity index (χ4v) is 3.60. The van der Waals surface area contributed by atoms with Crippen molar-refractivity contribution in [3.63, 3.8) is 0 Å². The highest BCUT2D eigenvalue weighted by atomic mass is 79.9. The van der Waals surface area contributed by atoms with Crippen LogP contribution in [-0.4, -0.2) is 17.0 Å². The Morgan fingerprint density at radius 1 is 1.44 bits per heavy atom. The van der Waals surface area contributed by atoms with E-state index in [2.05, 4.69) is 21.2 Å². The van der Waals surface area contributed by atoms with Crippen LogP contribution in [0.1, 0.15) is 24.1 Å². The van der Waals surface area contributed by atoms with Crippen molar-refractivity contribution in [1.29, 1.82) is 0 Å². The van der Waals surface area contributed by atoms with Gasteiger partial charge in [-0.1, -0.05) is 0 Å². The summed E-state index contributed by atoms with van der Waals surface area (Å²) in [6.45, 7) is 0.517. The number of hydrogen-bond donors (Lipinski definition) is 2. The Labute approximate surface area is 118 Å². The van der Waals surface area contributed by atoms with Crippen molar-refractivity contribution in [1.82, 2.24) is 5.32 Å². The Kier molecular flexibility index (Phi) is 4.40. The van der Waals surface area contributed by atoms with Crippen molar-refractivity contribution < 1.29 is 14.7 Å². The molecule has 2 atom stereocenters. The van der Waals surface area contributed by atoms with Gasteiger partial charge in [-0.3, -0.25) is 9.59 Å². The third kappa shape index (κ3) is 3.32. The molecule has 1 saturated carbocycles. The zero-order valence-corrected chi connectivity index (χ0v) is 12.1. The van der Waals surface area contributed by atoms with E-state index < -0.39 is 5.97 Å². The van der Waals surface area contributed by atoms with Crippen LogP contribution in [0.3, 0.4) is 0 Å². The topological polar surface area (TPSA) is 66.4 Å². The number of carboxylic acid groups (broad SMARTS) is 1. The summed E-state index contributed by atoms with van der Waals surface area (Å²) >= 11 is 4.95. The van der Waals surface area contributed by atoms with Gasteiger partial charge in [0.1, 0.15) is 0 Å². The highest BCUT2D eigenvalue weighted by Crippen LogP contribution is 2.31. The van der Waals surface area contributed by atoms with Gasteiger partial charge >= 0.3 is 5.97 Å². The molecule has 0 aromatic carbocycles. The monoisotopic (exact) mass is 331 g/mol. The fraction of sp³-hybridized carbons (Fsp3) is 0.500. The van der Waals surface area contributed by atoms with Gasteiger partial charge in [-0.2, -0.15) is 0 Å². The van der Waals surface area contributed by atoms with Crippen molar-refractivity contribution in [3.8, 4) is 0 Å². The Balaban J connectivity index is 1.80. The van der Waals surface area contributed by atoms with Crippen molar-refractivity contribution in [3.05, 3.63) is 20.8 Å². The Hall–Kier alpha value is -0.880. The lowest BCUT2D eigenvalue weighted by molar-refractivity contribution is -0.141. The number of aliphatic carboxylic acids is 1. The average Bonchev–Trinajstić information content (AvgIpc) is 2.94. The van der Waals surface area contributed by atoms with E-state index in [0.29, 0.717) is 25.8 Å². The van der Waals surface area contributed by atoms with Crippen molar-refractivity contribution in [2.24, 2.45) is 11.8 Å². The molecule has 1 aliphatic carbocycles. The number of carbonyl (C=O) groups is 2. The van der Waals surface area contributed by atoms with E-state index in [1.54, 1.807) is 11.3 Å². The Bertz CT molecular complexity index is 460. The molecule has 0 bridgehead atoms. The van der Waals surface area contributed by atoms with Gasteiger partial charge in [-0.05, 0) is 41.3 Å². The lowest BCUT2D eigenvalue weighted by Gasteiger charge is -2.09. The lowest BCUT2D eigenvalue weighted by Crippen LogP contribution is -2.29. The predicted octanol–water partition coefficient (Wildman–Crippen LogP) is 2.63. The van der Waals surface area contributed by atoms with E-state index in [-0.39, 0.29) is 17.7 Å². The van der Waals surface area contributed by atoms with E-state index >= 15 is 0 Å². The molecular formula is C12H14BrNO3S. The largest absolute Gasteiger partial charge is 0.481 e. The molecule has 1 heterocycles. The molecule has 4 nitrogen and oxygen atoms in total. The molecule has 0 aliphatic heterocycles. The van der Waals surface area contributed by atoms with Crippen LogP contribution >= 0.6 is 27.3 Å². The molecule has 0 spiro atoms. The summed E-state index contributed by atoms with van der Waals surface area (Å²) in [5.74, 6) is -1.30. The second kappa shape index (κ2) is 5.84. The predicted molar refractivity (Wildman–Crippen MR) is 72.3 cm³/mol. The van der Waals surface area contributed by atoms with Crippen LogP contribution in [0.15, 0.2) is 15.9 Å². The van der Waals surface area contributed by atoms with Crippen molar-refractivity contribution in [2.75, 3.05) is 0 Å². The summed E-state index contributed by atoms with van der Waals surface area (Å²) in [7, 11) is 0. The number of rotatable bonds is 4. The number of carboxylic acids is 1. The highest BCUT2D eigenvalue weighted by Gasteiger charge is 2.33. The third-order valence-electron chi connectivity index (χ3n) is 3.21. The standard InChI is InChI=1S/C12H14BrNO3S/c13-9-4-10(18-6-9)5-14-11(15)7-1-2-8(3-7)12(16)17/h4,6-8H,1-3,5H2,(H,14,15)(H,16,17). The van der Waals surface area contributed by atoms with E-state index in [9.17, 15) is 9.59 Å². The number of thiophene rings is 1. The number of amides is 1. The molecule has 2 unspecified atom stereocenters. The second-order valence-corrected chi connectivity index (χ2v) is 6.41. The molecule has 1 aromatic heterocycles. The first-order valence-electron chi connectivity index (χ1n) is 5.79. The Morgan fingerprint density at radius 2 is 2.17 bits per heavy atom. The summed E-state index contributed by atoms with van der Waals surface area (Å²) in [5.41, 5.74) is 0. The molecule has 6 heteroatoms. The maximum atomic E-state index is 11.9. The molecule has 2 rings (SSSR count). The molecule has 98 valence electrons. The van der Waals surface area contributed by atoms with Crippen LogP contribution in [0.2, 0.25) is 0 Å². The zero-order chi connectivity index (χ0) is 13.1. The minimum absolute atomic E-state index is 0.0247. The van der Waals surface area contributed by atoms with Gasteiger partial charge in [0.15, 0.2) is 0 Å². The van der Waals surface area contributed by atoms with Gasteiger partial charge in [0.05, 0.1) is 12.5 Å².